The molecule has 0 radical (unpaired) electrons. The highest BCUT2D eigenvalue weighted by atomic mass is 32.2. The molecule has 1 aliphatic heterocycles. The summed E-state index contributed by atoms with van der Waals surface area (Å²) in [5.74, 6) is -0.115. The number of hydrogen-bond donors (Lipinski definition) is 2. The fraction of sp³-hybridized carbons (Fsp3) is 0.435. The molecule has 1 aliphatic rings. The average Bonchev–Trinajstić information content (AvgIpc) is 2.77. The topological polar surface area (TPSA) is 81.8 Å². The average molecular weight is 445 g/mol. The number of sulfonamides is 1. The normalized spacial score (nSPS) is 14.4. The predicted molar refractivity (Wildman–Crippen MR) is 125 cm³/mol. The summed E-state index contributed by atoms with van der Waals surface area (Å²) >= 11 is 0. The van der Waals surface area contributed by atoms with Gasteiger partial charge in [-0.25, -0.2) is 8.42 Å². The number of hydrogen-bond acceptors (Lipinski definition) is 5. The summed E-state index contributed by atoms with van der Waals surface area (Å²) < 4.78 is 28.9. The standard InChI is InChI=1S/C23H32N4O3S/c1-4-5-14-26(3)23(28)19-8-11-22(27-15-12-24-13-16-27)21(17-19)25-31(29,30)20-9-6-18(2)7-10-20/h6-11,17,24-25H,4-5,12-16H2,1-3H3. The highest BCUT2D eigenvalue weighted by Crippen LogP contribution is 2.30. The summed E-state index contributed by atoms with van der Waals surface area (Å²) in [6, 6.07) is 12.0. The van der Waals surface area contributed by atoms with Gasteiger partial charge in [-0.2, -0.15) is 0 Å². The molecular weight excluding hydrogens is 412 g/mol. The summed E-state index contributed by atoms with van der Waals surface area (Å²) in [6.45, 7) is 7.84. The Hall–Kier alpha value is -2.58. The second-order valence-corrected chi connectivity index (χ2v) is 9.65. The van der Waals surface area contributed by atoms with Gasteiger partial charge in [0.1, 0.15) is 0 Å². The van der Waals surface area contributed by atoms with Crippen molar-refractivity contribution in [2.75, 3.05) is 49.4 Å². The Bertz CT molecular complexity index is 1000. The van der Waals surface area contributed by atoms with Gasteiger partial charge in [-0.1, -0.05) is 31.0 Å². The Kier molecular flexibility index (Phi) is 7.56. The largest absolute Gasteiger partial charge is 0.367 e. The Morgan fingerprint density at radius 2 is 1.81 bits per heavy atom. The van der Waals surface area contributed by atoms with E-state index >= 15 is 0 Å². The van der Waals surface area contributed by atoms with E-state index in [0.717, 1.165) is 50.3 Å². The maximum absolute atomic E-state index is 13.1. The number of amides is 1. The van der Waals surface area contributed by atoms with Gasteiger partial charge >= 0.3 is 0 Å². The summed E-state index contributed by atoms with van der Waals surface area (Å²) in [5.41, 5.74) is 2.67. The number of nitrogens with one attached hydrogen (secondary N) is 2. The third-order valence-electron chi connectivity index (χ3n) is 5.47. The van der Waals surface area contributed by atoms with Gasteiger partial charge in [-0.15, -0.1) is 0 Å². The first kappa shape index (κ1) is 23.1. The third kappa shape index (κ3) is 5.77. The molecule has 7 nitrogen and oxygen atoms in total. The zero-order chi connectivity index (χ0) is 22.4. The molecular formula is C23H32N4O3S. The van der Waals surface area contributed by atoms with E-state index in [9.17, 15) is 13.2 Å². The van der Waals surface area contributed by atoms with Crippen LogP contribution in [-0.2, 0) is 10.0 Å². The first-order valence-corrected chi connectivity index (χ1v) is 12.2. The molecule has 0 atom stereocenters. The molecule has 1 amide bonds. The number of benzene rings is 2. The van der Waals surface area contributed by atoms with E-state index in [1.807, 2.05) is 13.0 Å². The van der Waals surface area contributed by atoms with Gasteiger partial charge in [0, 0.05) is 45.3 Å². The van der Waals surface area contributed by atoms with Crippen molar-refractivity contribution in [3.63, 3.8) is 0 Å². The number of carbonyl (C=O) groups is 1. The van der Waals surface area contributed by atoms with E-state index in [2.05, 4.69) is 21.9 Å². The molecule has 3 rings (SSSR count). The number of anilines is 2. The van der Waals surface area contributed by atoms with Gasteiger partial charge in [0.2, 0.25) is 0 Å². The van der Waals surface area contributed by atoms with Crippen LogP contribution in [0.25, 0.3) is 0 Å². The monoisotopic (exact) mass is 444 g/mol. The molecule has 2 aromatic carbocycles. The predicted octanol–water partition coefficient (Wildman–Crippen LogP) is 3.08. The molecule has 1 heterocycles. The van der Waals surface area contributed by atoms with Crippen molar-refractivity contribution in [2.24, 2.45) is 0 Å². The van der Waals surface area contributed by atoms with Crippen LogP contribution in [-0.4, -0.2) is 59.0 Å². The van der Waals surface area contributed by atoms with Crippen molar-refractivity contribution in [3.8, 4) is 0 Å². The van der Waals surface area contributed by atoms with Gasteiger partial charge in [0.15, 0.2) is 0 Å². The smallest absolute Gasteiger partial charge is 0.261 e. The molecule has 8 heteroatoms. The van der Waals surface area contributed by atoms with Crippen molar-refractivity contribution in [3.05, 3.63) is 53.6 Å². The number of nitrogens with zero attached hydrogens (tertiary/aromatic N) is 2. The van der Waals surface area contributed by atoms with E-state index in [0.29, 0.717) is 17.8 Å². The quantitative estimate of drug-likeness (QED) is 0.654. The zero-order valence-corrected chi connectivity index (χ0v) is 19.3. The fourth-order valence-corrected chi connectivity index (χ4v) is 4.64. The summed E-state index contributed by atoms with van der Waals surface area (Å²) in [4.78, 5) is 16.9. The summed E-state index contributed by atoms with van der Waals surface area (Å²) in [6.07, 6.45) is 1.93. The highest BCUT2D eigenvalue weighted by molar-refractivity contribution is 7.92. The Balaban J connectivity index is 1.95. The molecule has 1 fully saturated rings. The molecule has 2 N–H and O–H groups in total. The van der Waals surface area contributed by atoms with Crippen LogP contribution in [0.2, 0.25) is 0 Å². The lowest BCUT2D eigenvalue weighted by Gasteiger charge is -2.31. The van der Waals surface area contributed by atoms with Crippen molar-refractivity contribution in [2.45, 2.75) is 31.6 Å². The van der Waals surface area contributed by atoms with E-state index < -0.39 is 10.0 Å². The third-order valence-corrected chi connectivity index (χ3v) is 6.85. The number of unbranched alkanes of at least 4 members (excludes halogenated alkanes) is 1. The Morgan fingerprint density at radius 1 is 1.13 bits per heavy atom. The highest BCUT2D eigenvalue weighted by Gasteiger charge is 2.22. The van der Waals surface area contributed by atoms with E-state index in [4.69, 9.17) is 0 Å². The minimum Gasteiger partial charge on any atom is -0.367 e. The number of aryl methyl sites for hydroxylation is 1. The molecule has 0 spiro atoms. The summed E-state index contributed by atoms with van der Waals surface area (Å²) in [7, 11) is -2.01. The number of carbonyl (C=O) groups excluding carboxylic acids is 1. The summed E-state index contributed by atoms with van der Waals surface area (Å²) in [5, 5.41) is 3.31. The lowest BCUT2D eigenvalue weighted by Crippen LogP contribution is -2.43. The lowest BCUT2D eigenvalue weighted by atomic mass is 10.1. The lowest BCUT2D eigenvalue weighted by molar-refractivity contribution is 0.0793. The van der Waals surface area contributed by atoms with Crippen molar-refractivity contribution >= 4 is 27.3 Å². The van der Waals surface area contributed by atoms with E-state index in [1.54, 1.807) is 48.3 Å². The minimum atomic E-state index is -3.79. The van der Waals surface area contributed by atoms with E-state index in [1.165, 1.54) is 0 Å². The second kappa shape index (κ2) is 10.2. The first-order valence-electron chi connectivity index (χ1n) is 10.8. The number of piperazine rings is 1. The van der Waals surface area contributed by atoms with Crippen LogP contribution in [0.3, 0.4) is 0 Å². The SMILES string of the molecule is CCCCN(C)C(=O)c1ccc(N2CCNCC2)c(NS(=O)(=O)c2ccc(C)cc2)c1. The van der Waals surface area contributed by atoms with Crippen LogP contribution in [0.4, 0.5) is 11.4 Å². The zero-order valence-electron chi connectivity index (χ0n) is 18.5. The van der Waals surface area contributed by atoms with Gasteiger partial charge in [0.05, 0.1) is 16.3 Å². The van der Waals surface area contributed by atoms with Crippen molar-refractivity contribution in [1.82, 2.24) is 10.2 Å². The Labute approximate surface area is 185 Å². The molecule has 0 saturated carbocycles. The van der Waals surface area contributed by atoms with Crippen molar-refractivity contribution < 1.29 is 13.2 Å². The van der Waals surface area contributed by atoms with Crippen molar-refractivity contribution in [1.29, 1.82) is 0 Å². The van der Waals surface area contributed by atoms with Gasteiger partial charge in [-0.3, -0.25) is 9.52 Å². The maximum Gasteiger partial charge on any atom is 0.261 e. The molecule has 0 unspecified atom stereocenters. The van der Waals surface area contributed by atoms with Crippen LogP contribution in [0, 0.1) is 6.92 Å². The molecule has 31 heavy (non-hydrogen) atoms. The molecule has 0 bridgehead atoms. The molecule has 2 aromatic rings. The Morgan fingerprint density at radius 3 is 2.45 bits per heavy atom. The number of rotatable bonds is 8. The molecule has 0 aliphatic carbocycles. The van der Waals surface area contributed by atoms with E-state index in [-0.39, 0.29) is 10.8 Å². The van der Waals surface area contributed by atoms with Gasteiger partial charge < -0.3 is 15.1 Å². The van der Waals surface area contributed by atoms with Crippen LogP contribution >= 0.6 is 0 Å². The van der Waals surface area contributed by atoms with Crippen LogP contribution in [0.1, 0.15) is 35.7 Å². The first-order chi connectivity index (χ1) is 14.8. The second-order valence-electron chi connectivity index (χ2n) is 7.97. The molecule has 0 aromatic heterocycles. The van der Waals surface area contributed by atoms with Gasteiger partial charge in [0.25, 0.3) is 15.9 Å². The van der Waals surface area contributed by atoms with Crippen LogP contribution in [0.15, 0.2) is 47.4 Å². The fourth-order valence-electron chi connectivity index (χ4n) is 3.57. The molecule has 168 valence electrons. The molecule has 1 saturated heterocycles. The van der Waals surface area contributed by atoms with Crippen LogP contribution in [0.5, 0.6) is 0 Å². The van der Waals surface area contributed by atoms with Crippen LogP contribution < -0.4 is 14.9 Å². The maximum atomic E-state index is 13.1. The minimum absolute atomic E-state index is 0.115. The van der Waals surface area contributed by atoms with Gasteiger partial charge in [-0.05, 0) is 43.7 Å².